The first-order valence-electron chi connectivity index (χ1n) is 9.51. The molecule has 0 aliphatic carbocycles. The lowest BCUT2D eigenvalue weighted by Gasteiger charge is -2.40. The summed E-state index contributed by atoms with van der Waals surface area (Å²) in [7, 11) is 0. The maximum atomic E-state index is 13.0. The number of fused-ring (bicyclic) bond motifs is 1. The third-order valence-corrected chi connectivity index (χ3v) is 6.69. The SMILES string of the molecule is O=C(c1ccc2c(c1)OCO2)N1CC[C@]2(CCCN(Cc3nccs3)C2)C1. The standard InChI is InChI=1S/C20H23N3O3S/c24-19(15-2-3-16-17(10-15)26-14-25-16)23-8-5-20(13-23)4-1-7-22(12-20)11-18-21-6-9-27-18/h2-3,6,9-10H,1,4-5,7-8,11-14H2/t20-/m0/s1. The molecule has 1 aromatic carbocycles. The first-order chi connectivity index (χ1) is 13.2. The van der Waals surface area contributed by atoms with Crippen LogP contribution in [0.25, 0.3) is 0 Å². The number of ether oxygens (including phenoxy) is 2. The molecular formula is C20H23N3O3S. The van der Waals surface area contributed by atoms with Crippen LogP contribution in [0, 0.1) is 5.41 Å². The van der Waals surface area contributed by atoms with Gasteiger partial charge in [-0.1, -0.05) is 0 Å². The first kappa shape index (κ1) is 17.0. The van der Waals surface area contributed by atoms with Gasteiger partial charge in [-0.3, -0.25) is 9.69 Å². The van der Waals surface area contributed by atoms with Gasteiger partial charge in [0.1, 0.15) is 5.01 Å². The van der Waals surface area contributed by atoms with Gasteiger partial charge in [-0.15, -0.1) is 11.3 Å². The van der Waals surface area contributed by atoms with Crippen LogP contribution < -0.4 is 9.47 Å². The number of rotatable bonds is 3. The van der Waals surface area contributed by atoms with E-state index in [4.69, 9.17) is 9.47 Å². The second-order valence-corrected chi connectivity index (χ2v) is 8.76. The molecule has 3 aliphatic heterocycles. The van der Waals surface area contributed by atoms with Gasteiger partial charge in [0.05, 0.1) is 6.54 Å². The van der Waals surface area contributed by atoms with Gasteiger partial charge in [-0.25, -0.2) is 4.98 Å². The van der Waals surface area contributed by atoms with Crippen molar-refractivity contribution < 1.29 is 14.3 Å². The molecule has 5 rings (SSSR count). The Kier molecular flexibility index (Phi) is 4.28. The van der Waals surface area contributed by atoms with Crippen molar-refractivity contribution in [3.05, 3.63) is 40.3 Å². The second kappa shape index (κ2) is 6.80. The number of amides is 1. The number of aromatic nitrogens is 1. The highest BCUT2D eigenvalue weighted by Gasteiger charge is 2.43. The molecular weight excluding hydrogens is 362 g/mol. The Morgan fingerprint density at radius 1 is 1.19 bits per heavy atom. The van der Waals surface area contributed by atoms with Gasteiger partial charge in [-0.05, 0) is 44.0 Å². The lowest BCUT2D eigenvalue weighted by Crippen LogP contribution is -2.45. The van der Waals surface area contributed by atoms with Crippen LogP contribution in [0.3, 0.4) is 0 Å². The molecule has 27 heavy (non-hydrogen) atoms. The summed E-state index contributed by atoms with van der Waals surface area (Å²) in [6.07, 6.45) is 5.35. The number of benzene rings is 1. The van der Waals surface area contributed by atoms with Crippen LogP contribution in [-0.2, 0) is 6.54 Å². The molecule has 142 valence electrons. The van der Waals surface area contributed by atoms with E-state index in [1.165, 1.54) is 17.8 Å². The molecule has 2 fully saturated rings. The minimum atomic E-state index is 0.0993. The Bertz CT molecular complexity index is 841. The minimum absolute atomic E-state index is 0.0993. The molecule has 1 amide bonds. The summed E-state index contributed by atoms with van der Waals surface area (Å²) in [5.41, 5.74) is 0.911. The zero-order chi connectivity index (χ0) is 18.3. The fraction of sp³-hybridized carbons (Fsp3) is 0.500. The zero-order valence-corrected chi connectivity index (χ0v) is 16.0. The second-order valence-electron chi connectivity index (χ2n) is 7.78. The monoisotopic (exact) mass is 385 g/mol. The van der Waals surface area contributed by atoms with E-state index in [0.717, 1.165) is 44.9 Å². The summed E-state index contributed by atoms with van der Waals surface area (Å²) in [5, 5.41) is 3.22. The van der Waals surface area contributed by atoms with E-state index in [1.807, 2.05) is 34.7 Å². The highest BCUT2D eigenvalue weighted by molar-refractivity contribution is 7.09. The van der Waals surface area contributed by atoms with Crippen LogP contribution >= 0.6 is 11.3 Å². The third-order valence-electron chi connectivity index (χ3n) is 5.93. The molecule has 7 heteroatoms. The maximum absolute atomic E-state index is 13.0. The summed E-state index contributed by atoms with van der Waals surface area (Å²) in [6, 6.07) is 5.49. The smallest absolute Gasteiger partial charge is 0.254 e. The molecule has 0 bridgehead atoms. The van der Waals surface area contributed by atoms with Crippen LogP contribution in [0.2, 0.25) is 0 Å². The van der Waals surface area contributed by atoms with Crippen molar-refractivity contribution in [3.8, 4) is 11.5 Å². The van der Waals surface area contributed by atoms with Crippen molar-refractivity contribution in [2.75, 3.05) is 33.0 Å². The summed E-state index contributed by atoms with van der Waals surface area (Å²) in [5.74, 6) is 1.49. The zero-order valence-electron chi connectivity index (χ0n) is 15.2. The Morgan fingerprint density at radius 2 is 2.11 bits per heavy atom. The highest BCUT2D eigenvalue weighted by Crippen LogP contribution is 2.40. The van der Waals surface area contributed by atoms with Gasteiger partial charge in [-0.2, -0.15) is 0 Å². The molecule has 1 aromatic heterocycles. The van der Waals surface area contributed by atoms with Crippen molar-refractivity contribution in [1.82, 2.24) is 14.8 Å². The van der Waals surface area contributed by atoms with Crippen molar-refractivity contribution in [2.45, 2.75) is 25.8 Å². The molecule has 4 heterocycles. The van der Waals surface area contributed by atoms with Crippen LogP contribution in [-0.4, -0.2) is 53.7 Å². The Balaban J connectivity index is 1.26. The van der Waals surface area contributed by atoms with Gasteiger partial charge < -0.3 is 14.4 Å². The summed E-state index contributed by atoms with van der Waals surface area (Å²) in [4.78, 5) is 22.0. The van der Waals surface area contributed by atoms with E-state index in [2.05, 4.69) is 9.88 Å². The van der Waals surface area contributed by atoms with Gasteiger partial charge in [0.15, 0.2) is 11.5 Å². The van der Waals surface area contributed by atoms with E-state index in [1.54, 1.807) is 11.3 Å². The molecule has 0 saturated carbocycles. The lowest BCUT2D eigenvalue weighted by molar-refractivity contribution is 0.0675. The maximum Gasteiger partial charge on any atom is 0.254 e. The van der Waals surface area contributed by atoms with Crippen LogP contribution in [0.4, 0.5) is 0 Å². The van der Waals surface area contributed by atoms with Crippen molar-refractivity contribution in [1.29, 1.82) is 0 Å². The van der Waals surface area contributed by atoms with Crippen LogP contribution in [0.15, 0.2) is 29.8 Å². The Hall–Kier alpha value is -2.12. The number of hydrogen-bond acceptors (Lipinski definition) is 6. The molecule has 0 radical (unpaired) electrons. The molecule has 3 aliphatic rings. The topological polar surface area (TPSA) is 54.9 Å². The summed E-state index contributed by atoms with van der Waals surface area (Å²) < 4.78 is 10.8. The number of carbonyl (C=O) groups is 1. The quantitative estimate of drug-likeness (QED) is 0.813. The van der Waals surface area contributed by atoms with Crippen molar-refractivity contribution in [3.63, 3.8) is 0 Å². The summed E-state index contributed by atoms with van der Waals surface area (Å²) >= 11 is 1.72. The van der Waals surface area contributed by atoms with Gasteiger partial charge >= 0.3 is 0 Å². The molecule has 6 nitrogen and oxygen atoms in total. The average Bonchev–Trinajstić information content (AvgIpc) is 3.42. The fourth-order valence-electron chi connectivity index (χ4n) is 4.62. The van der Waals surface area contributed by atoms with Crippen molar-refractivity contribution in [2.24, 2.45) is 5.41 Å². The van der Waals surface area contributed by atoms with Gasteiger partial charge in [0, 0.05) is 42.2 Å². The Labute approximate surface area is 162 Å². The molecule has 1 spiro atoms. The first-order valence-corrected chi connectivity index (χ1v) is 10.4. The summed E-state index contributed by atoms with van der Waals surface area (Å²) in [6.45, 7) is 5.01. The number of piperidine rings is 1. The van der Waals surface area contributed by atoms with E-state index in [0.29, 0.717) is 11.3 Å². The van der Waals surface area contributed by atoms with Gasteiger partial charge in [0.25, 0.3) is 5.91 Å². The molecule has 0 unspecified atom stereocenters. The highest BCUT2D eigenvalue weighted by atomic mass is 32.1. The lowest BCUT2D eigenvalue weighted by atomic mass is 9.79. The number of likely N-dealkylation sites (tertiary alicyclic amines) is 2. The van der Waals surface area contributed by atoms with E-state index in [-0.39, 0.29) is 18.1 Å². The van der Waals surface area contributed by atoms with Crippen LogP contribution in [0.5, 0.6) is 11.5 Å². The minimum Gasteiger partial charge on any atom is -0.454 e. The molecule has 2 aromatic rings. The van der Waals surface area contributed by atoms with Crippen LogP contribution in [0.1, 0.15) is 34.6 Å². The fourth-order valence-corrected chi connectivity index (χ4v) is 5.28. The van der Waals surface area contributed by atoms with Crippen molar-refractivity contribution >= 4 is 17.2 Å². The number of nitrogens with zero attached hydrogens (tertiary/aromatic N) is 3. The third kappa shape index (κ3) is 3.30. The molecule has 0 N–H and O–H groups in total. The molecule has 1 atom stereocenters. The van der Waals surface area contributed by atoms with E-state index in [9.17, 15) is 4.79 Å². The number of hydrogen-bond donors (Lipinski definition) is 0. The van der Waals surface area contributed by atoms with E-state index < -0.39 is 0 Å². The number of thiazole rings is 1. The normalized spacial score (nSPS) is 24.7. The largest absolute Gasteiger partial charge is 0.454 e. The number of carbonyl (C=O) groups excluding carboxylic acids is 1. The average molecular weight is 385 g/mol. The van der Waals surface area contributed by atoms with Gasteiger partial charge in [0.2, 0.25) is 6.79 Å². The Morgan fingerprint density at radius 3 is 3.00 bits per heavy atom. The van der Waals surface area contributed by atoms with E-state index >= 15 is 0 Å². The molecule has 2 saturated heterocycles. The predicted octanol–water partition coefficient (Wildman–Crippen LogP) is 3.00. The predicted molar refractivity (Wildman–Crippen MR) is 102 cm³/mol.